The maximum absolute atomic E-state index is 13.7. The summed E-state index contributed by atoms with van der Waals surface area (Å²) in [4.78, 5) is 26.8. The Balaban J connectivity index is 1.29. The quantitative estimate of drug-likeness (QED) is 0.0983. The third-order valence-electron chi connectivity index (χ3n) is 7.52. The molecule has 6 rings (SSSR count). The van der Waals surface area contributed by atoms with Crippen LogP contribution in [0.15, 0.2) is 91.4 Å². The molecule has 0 bridgehead atoms. The van der Waals surface area contributed by atoms with Crippen molar-refractivity contribution in [3.8, 4) is 45.6 Å². The molecular formula is C36H29ClFIN4O6. The van der Waals surface area contributed by atoms with Crippen LogP contribution in [0.4, 0.5) is 4.39 Å². The van der Waals surface area contributed by atoms with Gasteiger partial charge in [0.2, 0.25) is 12.0 Å². The van der Waals surface area contributed by atoms with E-state index < -0.39 is 12.1 Å². The number of hydrogen-bond donors (Lipinski definition) is 1. The zero-order valence-corrected chi connectivity index (χ0v) is 29.2. The number of methoxy groups -OCH3 is 1. The van der Waals surface area contributed by atoms with Crippen LogP contribution in [0.3, 0.4) is 0 Å². The highest BCUT2D eigenvalue weighted by Crippen LogP contribution is 2.40. The number of fused-ring (bicyclic) bond motifs is 1. The normalized spacial score (nSPS) is 11.7. The molecule has 0 radical (unpaired) electrons. The van der Waals surface area contributed by atoms with Crippen molar-refractivity contribution in [3.63, 3.8) is 0 Å². The number of ether oxygens (including phenoxy) is 4. The van der Waals surface area contributed by atoms with E-state index in [1.165, 1.54) is 30.5 Å². The minimum Gasteiger partial charge on any atom is -0.508 e. The molecule has 1 atom stereocenters. The van der Waals surface area contributed by atoms with Gasteiger partial charge in [-0.25, -0.2) is 24.1 Å². The second-order valence-electron chi connectivity index (χ2n) is 10.7. The number of aromatic hydroxyl groups is 1. The first-order chi connectivity index (χ1) is 23.8. The van der Waals surface area contributed by atoms with Crippen LogP contribution in [0, 0.1) is 9.39 Å². The summed E-state index contributed by atoms with van der Waals surface area (Å²) in [5.74, 6) is 0.620. The first-order valence-electron chi connectivity index (χ1n) is 15.1. The number of para-hydroxylation sites is 1. The SMILES string of the molecule is CCOC(=O)[C@@H](Cc1cc(O)ccc1OCc1ccnc(-c2ccccc2OC)n1)Oc1nccn2c(Cl)c(-c3ccc(F)cc3)c(I)c12. The molecule has 49 heavy (non-hydrogen) atoms. The summed E-state index contributed by atoms with van der Waals surface area (Å²) < 4.78 is 39.4. The number of rotatable bonds is 12. The van der Waals surface area contributed by atoms with E-state index >= 15 is 0 Å². The smallest absolute Gasteiger partial charge is 0.347 e. The standard InChI is InChI=1S/C36H29ClFIN4O6/c1-3-47-36(45)29(49-35-32-31(39)30(21-8-10-23(38)11-9-21)33(37)43(32)17-16-41-35)19-22-18-25(44)12-13-27(22)48-20-24-14-15-40-34(42-24)26-6-4-5-7-28(26)46-2/h4-18,29,44H,3,19-20H2,1-2H3/t29-/m1/s1. The zero-order chi connectivity index (χ0) is 34.5. The lowest BCUT2D eigenvalue weighted by atomic mass is 10.1. The highest BCUT2D eigenvalue weighted by atomic mass is 127. The number of carbonyl (C=O) groups is 1. The van der Waals surface area contributed by atoms with E-state index in [2.05, 4.69) is 37.5 Å². The van der Waals surface area contributed by atoms with Gasteiger partial charge in [0.1, 0.15) is 40.3 Å². The van der Waals surface area contributed by atoms with Gasteiger partial charge in [0.15, 0.2) is 5.82 Å². The van der Waals surface area contributed by atoms with Crippen molar-refractivity contribution in [3.05, 3.63) is 117 Å². The number of nitrogens with zero attached hydrogens (tertiary/aromatic N) is 4. The maximum atomic E-state index is 13.7. The van der Waals surface area contributed by atoms with Crippen LogP contribution >= 0.6 is 34.2 Å². The highest BCUT2D eigenvalue weighted by molar-refractivity contribution is 14.1. The van der Waals surface area contributed by atoms with E-state index in [0.717, 1.165) is 5.56 Å². The molecule has 6 aromatic rings. The molecule has 0 saturated carbocycles. The fourth-order valence-corrected chi connectivity index (χ4v) is 6.81. The predicted molar refractivity (Wildman–Crippen MR) is 190 cm³/mol. The van der Waals surface area contributed by atoms with Crippen molar-refractivity contribution < 1.29 is 33.2 Å². The van der Waals surface area contributed by atoms with Gasteiger partial charge in [0.25, 0.3) is 0 Å². The van der Waals surface area contributed by atoms with Gasteiger partial charge in [-0.3, -0.25) is 4.40 Å². The van der Waals surface area contributed by atoms with Gasteiger partial charge < -0.3 is 24.1 Å². The molecule has 10 nitrogen and oxygen atoms in total. The first-order valence-corrected chi connectivity index (χ1v) is 16.6. The number of aromatic nitrogens is 4. The monoisotopic (exact) mass is 794 g/mol. The average Bonchev–Trinajstić information content (AvgIpc) is 3.37. The molecule has 0 aliphatic rings. The Bertz CT molecular complexity index is 2130. The summed E-state index contributed by atoms with van der Waals surface area (Å²) in [7, 11) is 1.59. The van der Waals surface area contributed by atoms with Crippen LogP contribution in [0.5, 0.6) is 23.1 Å². The van der Waals surface area contributed by atoms with Gasteiger partial charge in [-0.05, 0) is 83.6 Å². The van der Waals surface area contributed by atoms with Crippen LogP contribution in [0.25, 0.3) is 28.0 Å². The van der Waals surface area contributed by atoms with Crippen molar-refractivity contribution in [2.24, 2.45) is 0 Å². The van der Waals surface area contributed by atoms with Crippen LogP contribution < -0.4 is 14.2 Å². The summed E-state index contributed by atoms with van der Waals surface area (Å²) in [6, 6.07) is 19.8. The molecule has 1 N–H and O–H groups in total. The third-order valence-corrected chi connectivity index (χ3v) is 8.94. The lowest BCUT2D eigenvalue weighted by molar-refractivity contribution is -0.151. The second kappa shape index (κ2) is 15.1. The molecule has 3 aromatic heterocycles. The van der Waals surface area contributed by atoms with Crippen molar-refractivity contribution in [2.45, 2.75) is 26.1 Å². The minimum absolute atomic E-state index is 0.0254. The Hall–Kier alpha value is -4.95. The number of halogens is 3. The van der Waals surface area contributed by atoms with E-state index in [0.29, 0.717) is 53.9 Å². The summed E-state index contributed by atoms with van der Waals surface area (Å²) >= 11 is 8.93. The van der Waals surface area contributed by atoms with Gasteiger partial charge in [-0.15, -0.1) is 0 Å². The molecule has 13 heteroatoms. The van der Waals surface area contributed by atoms with Crippen molar-refractivity contribution in [2.75, 3.05) is 13.7 Å². The Morgan fingerprint density at radius 1 is 1.04 bits per heavy atom. The van der Waals surface area contributed by atoms with Gasteiger partial charge in [0.05, 0.1) is 28.5 Å². The molecule has 250 valence electrons. The van der Waals surface area contributed by atoms with Gasteiger partial charge in [-0.2, -0.15) is 0 Å². The highest BCUT2D eigenvalue weighted by Gasteiger charge is 2.28. The first kappa shape index (κ1) is 33.9. The van der Waals surface area contributed by atoms with E-state index in [4.69, 9.17) is 30.5 Å². The van der Waals surface area contributed by atoms with Crippen LogP contribution in [0.1, 0.15) is 18.2 Å². The van der Waals surface area contributed by atoms with E-state index in [9.17, 15) is 14.3 Å². The molecule has 0 spiro atoms. The largest absolute Gasteiger partial charge is 0.508 e. The van der Waals surface area contributed by atoms with Crippen LogP contribution in [0.2, 0.25) is 5.15 Å². The second-order valence-corrected chi connectivity index (χ2v) is 12.1. The Morgan fingerprint density at radius 3 is 2.61 bits per heavy atom. The van der Waals surface area contributed by atoms with Crippen molar-refractivity contribution in [1.29, 1.82) is 0 Å². The average molecular weight is 795 g/mol. The summed E-state index contributed by atoms with van der Waals surface area (Å²) in [5, 5.41) is 10.8. The molecule has 3 aromatic carbocycles. The predicted octanol–water partition coefficient (Wildman–Crippen LogP) is 7.70. The number of benzene rings is 3. The lowest BCUT2D eigenvalue weighted by Gasteiger charge is -2.20. The molecule has 0 aliphatic carbocycles. The third kappa shape index (κ3) is 7.39. The van der Waals surface area contributed by atoms with Gasteiger partial charge in [0, 0.05) is 36.1 Å². The van der Waals surface area contributed by atoms with Gasteiger partial charge >= 0.3 is 5.97 Å². The number of hydrogen-bond acceptors (Lipinski definition) is 9. The Labute approximate surface area is 299 Å². The number of phenols is 1. The molecular weight excluding hydrogens is 766 g/mol. The van der Waals surface area contributed by atoms with E-state index in [1.807, 2.05) is 24.3 Å². The summed E-state index contributed by atoms with van der Waals surface area (Å²) in [5.41, 5.74) is 3.70. The Morgan fingerprint density at radius 2 is 1.84 bits per heavy atom. The molecule has 0 aliphatic heterocycles. The molecule has 0 saturated heterocycles. The number of carbonyl (C=O) groups excluding carboxylic acids is 1. The minimum atomic E-state index is -1.18. The van der Waals surface area contributed by atoms with Crippen LogP contribution in [-0.2, 0) is 22.6 Å². The van der Waals surface area contributed by atoms with Crippen molar-refractivity contribution in [1.82, 2.24) is 19.4 Å². The molecule has 3 heterocycles. The zero-order valence-electron chi connectivity index (χ0n) is 26.3. The van der Waals surface area contributed by atoms with Crippen LogP contribution in [-0.4, -0.2) is 50.2 Å². The number of phenolic OH excluding ortho intramolecular Hbond substituents is 1. The maximum Gasteiger partial charge on any atom is 0.347 e. The fourth-order valence-electron chi connectivity index (χ4n) is 5.24. The number of esters is 1. The van der Waals surface area contributed by atoms with E-state index in [1.54, 1.807) is 55.1 Å². The van der Waals surface area contributed by atoms with E-state index in [-0.39, 0.29) is 37.1 Å². The molecule has 0 fully saturated rings. The van der Waals surface area contributed by atoms with Gasteiger partial charge in [-0.1, -0.05) is 35.9 Å². The molecule has 0 unspecified atom stereocenters. The lowest BCUT2D eigenvalue weighted by Crippen LogP contribution is -2.32. The summed E-state index contributed by atoms with van der Waals surface area (Å²) in [6.45, 7) is 1.88. The Kier molecular flexibility index (Phi) is 10.4. The fraction of sp³-hybridized carbons (Fsp3) is 0.167. The summed E-state index contributed by atoms with van der Waals surface area (Å²) in [6.07, 6.45) is 3.60. The molecule has 0 amide bonds. The van der Waals surface area contributed by atoms with Crippen molar-refractivity contribution >= 4 is 45.7 Å². The topological polar surface area (TPSA) is 117 Å².